The van der Waals surface area contributed by atoms with E-state index in [9.17, 15) is 15.0 Å². The molecule has 0 heterocycles. The number of aliphatic hydroxyl groups excluding tert-OH is 2. The van der Waals surface area contributed by atoms with Crippen molar-refractivity contribution in [2.45, 2.75) is 105 Å². The Bertz CT molecular complexity index is 667. The lowest BCUT2D eigenvalue weighted by Crippen LogP contribution is -2.47. The quantitative estimate of drug-likeness (QED) is 0.451. The highest BCUT2D eigenvalue weighted by atomic mass is 16.3. The van der Waals surface area contributed by atoms with Gasteiger partial charge in [0.15, 0.2) is 0 Å². The molecule has 3 heteroatoms. The second-order valence-electron chi connectivity index (χ2n) is 12.2. The molecule has 3 aliphatic rings. The Morgan fingerprint density at radius 2 is 1.81 bits per heavy atom. The maximum atomic E-state index is 13.8. The SMILES string of the molecule is CC(C)[C@@H](C)CC[C@@H](C)[C@H]1CC[C@@H]([C@@H]2CC=C3C[C@@H](O)CC[C@]3(C)C2=O)[C@]1(C)CCO. The molecule has 0 aliphatic heterocycles. The summed E-state index contributed by atoms with van der Waals surface area (Å²) in [6.45, 7) is 14.1. The smallest absolute Gasteiger partial charge is 0.146 e. The van der Waals surface area contributed by atoms with E-state index in [1.807, 2.05) is 0 Å². The molecule has 8 atom stereocenters. The van der Waals surface area contributed by atoms with E-state index in [1.54, 1.807) is 0 Å². The van der Waals surface area contributed by atoms with Crippen LogP contribution in [-0.2, 0) is 4.79 Å². The van der Waals surface area contributed by atoms with E-state index in [4.69, 9.17) is 0 Å². The summed E-state index contributed by atoms with van der Waals surface area (Å²) in [4.78, 5) is 13.8. The van der Waals surface area contributed by atoms with Gasteiger partial charge in [0.25, 0.3) is 0 Å². The number of carbonyl (C=O) groups excluding carboxylic acids is 1. The van der Waals surface area contributed by atoms with Crippen LogP contribution in [0.25, 0.3) is 0 Å². The highest BCUT2D eigenvalue weighted by Gasteiger charge is 2.55. The Kier molecular flexibility index (Phi) is 7.79. The van der Waals surface area contributed by atoms with Gasteiger partial charge in [-0.25, -0.2) is 0 Å². The molecule has 0 spiro atoms. The first kappa shape index (κ1) is 25.0. The topological polar surface area (TPSA) is 57.5 Å². The van der Waals surface area contributed by atoms with Gasteiger partial charge in [0.2, 0.25) is 0 Å². The summed E-state index contributed by atoms with van der Waals surface area (Å²) in [6, 6.07) is 0. The summed E-state index contributed by atoms with van der Waals surface area (Å²) in [5.41, 5.74) is 0.839. The van der Waals surface area contributed by atoms with Crippen molar-refractivity contribution < 1.29 is 15.0 Å². The van der Waals surface area contributed by atoms with E-state index >= 15 is 0 Å². The van der Waals surface area contributed by atoms with E-state index in [-0.39, 0.29) is 29.5 Å². The first-order valence-corrected chi connectivity index (χ1v) is 13.1. The van der Waals surface area contributed by atoms with Crippen molar-refractivity contribution in [3.8, 4) is 0 Å². The lowest BCUT2D eigenvalue weighted by molar-refractivity contribution is -0.136. The number of fused-ring (bicyclic) bond motifs is 1. The van der Waals surface area contributed by atoms with E-state index in [0.29, 0.717) is 30.0 Å². The Balaban J connectivity index is 1.79. The fourth-order valence-corrected chi connectivity index (χ4v) is 7.48. The number of allylic oxidation sites excluding steroid dienone is 1. The number of carbonyl (C=O) groups is 1. The fourth-order valence-electron chi connectivity index (χ4n) is 7.48. The summed E-state index contributed by atoms with van der Waals surface area (Å²) < 4.78 is 0. The molecule has 178 valence electrons. The van der Waals surface area contributed by atoms with Crippen molar-refractivity contribution in [1.29, 1.82) is 0 Å². The molecular formula is C28H48O3. The number of Topliss-reactive ketones (excluding diaryl/α,β-unsaturated/α-hetero) is 1. The second-order valence-corrected chi connectivity index (χ2v) is 12.2. The molecule has 0 amide bonds. The van der Waals surface area contributed by atoms with Gasteiger partial charge in [0, 0.05) is 17.9 Å². The molecule has 0 unspecified atom stereocenters. The molecule has 0 bridgehead atoms. The van der Waals surface area contributed by atoms with Crippen molar-refractivity contribution >= 4 is 5.78 Å². The molecule has 0 aromatic carbocycles. The Morgan fingerprint density at radius 3 is 2.45 bits per heavy atom. The van der Waals surface area contributed by atoms with Crippen LogP contribution in [0.1, 0.15) is 99.3 Å². The third-order valence-corrected chi connectivity index (χ3v) is 10.2. The average molecular weight is 433 g/mol. The lowest BCUT2D eigenvalue weighted by Gasteiger charge is -2.48. The molecule has 0 saturated heterocycles. The minimum absolute atomic E-state index is 0.0332. The van der Waals surface area contributed by atoms with Gasteiger partial charge in [-0.2, -0.15) is 0 Å². The summed E-state index contributed by atoms with van der Waals surface area (Å²) in [7, 11) is 0. The summed E-state index contributed by atoms with van der Waals surface area (Å²) in [5, 5.41) is 20.1. The van der Waals surface area contributed by atoms with Crippen LogP contribution >= 0.6 is 0 Å². The predicted molar refractivity (Wildman–Crippen MR) is 128 cm³/mol. The first-order valence-electron chi connectivity index (χ1n) is 13.1. The molecular weight excluding hydrogens is 384 g/mol. The molecule has 31 heavy (non-hydrogen) atoms. The second kappa shape index (κ2) is 9.67. The van der Waals surface area contributed by atoms with Gasteiger partial charge in [-0.15, -0.1) is 0 Å². The van der Waals surface area contributed by atoms with Crippen LogP contribution in [-0.4, -0.2) is 28.7 Å². The highest BCUT2D eigenvalue weighted by Crippen LogP contribution is 2.59. The highest BCUT2D eigenvalue weighted by molar-refractivity contribution is 5.91. The third-order valence-electron chi connectivity index (χ3n) is 10.2. The van der Waals surface area contributed by atoms with E-state index in [1.165, 1.54) is 24.8 Å². The molecule has 0 aromatic heterocycles. The molecule has 3 rings (SSSR count). The molecule has 2 saturated carbocycles. The van der Waals surface area contributed by atoms with Gasteiger partial charge in [0.1, 0.15) is 5.78 Å². The largest absolute Gasteiger partial charge is 0.396 e. The van der Waals surface area contributed by atoms with Crippen LogP contribution in [0.5, 0.6) is 0 Å². The van der Waals surface area contributed by atoms with Crippen LogP contribution in [0.4, 0.5) is 0 Å². The fraction of sp³-hybridized carbons (Fsp3) is 0.893. The van der Waals surface area contributed by atoms with E-state index in [2.05, 4.69) is 47.6 Å². The molecule has 3 aliphatic carbocycles. The van der Waals surface area contributed by atoms with Crippen molar-refractivity contribution in [2.75, 3.05) is 6.61 Å². The lowest BCUT2D eigenvalue weighted by atomic mass is 9.56. The van der Waals surface area contributed by atoms with Crippen molar-refractivity contribution in [3.05, 3.63) is 11.6 Å². The Labute approximate surface area is 191 Å². The van der Waals surface area contributed by atoms with Crippen LogP contribution in [0.3, 0.4) is 0 Å². The summed E-state index contributed by atoms with van der Waals surface area (Å²) in [5.74, 6) is 3.55. The van der Waals surface area contributed by atoms with E-state index < -0.39 is 0 Å². The Hall–Kier alpha value is -0.670. The van der Waals surface area contributed by atoms with Crippen molar-refractivity contribution in [2.24, 2.45) is 46.3 Å². The molecule has 0 radical (unpaired) electrons. The zero-order chi connectivity index (χ0) is 23.0. The number of ketones is 1. The van der Waals surface area contributed by atoms with Gasteiger partial charge in [0.05, 0.1) is 6.10 Å². The summed E-state index contributed by atoms with van der Waals surface area (Å²) >= 11 is 0. The molecule has 2 fully saturated rings. The summed E-state index contributed by atoms with van der Waals surface area (Å²) in [6.07, 6.45) is 10.7. The van der Waals surface area contributed by atoms with Gasteiger partial charge in [-0.05, 0) is 86.9 Å². The number of hydrogen-bond acceptors (Lipinski definition) is 3. The molecule has 2 N–H and O–H groups in total. The van der Waals surface area contributed by atoms with Gasteiger partial charge < -0.3 is 10.2 Å². The number of rotatable bonds is 8. The van der Waals surface area contributed by atoms with Crippen LogP contribution in [0, 0.1) is 46.3 Å². The number of hydrogen-bond donors (Lipinski definition) is 2. The minimum Gasteiger partial charge on any atom is -0.396 e. The van der Waals surface area contributed by atoms with Gasteiger partial charge in [-0.3, -0.25) is 4.79 Å². The standard InChI is InChI=1S/C28H48O3/c1-18(2)19(3)7-8-20(4)24-11-12-25(28(24,6)15-16-29)23-10-9-21-17-22(30)13-14-27(21,5)26(23)31/h9,18-20,22-25,29-30H,7-8,10-17H2,1-6H3/t19-,20+,22-,23-,24+,25-,27-,28+/m0/s1. The molecule has 0 aromatic rings. The monoisotopic (exact) mass is 432 g/mol. The average Bonchev–Trinajstić information content (AvgIpc) is 3.04. The maximum absolute atomic E-state index is 13.8. The van der Waals surface area contributed by atoms with Gasteiger partial charge >= 0.3 is 0 Å². The minimum atomic E-state index is -0.376. The van der Waals surface area contributed by atoms with Crippen LogP contribution in [0.15, 0.2) is 11.6 Å². The van der Waals surface area contributed by atoms with Crippen LogP contribution < -0.4 is 0 Å². The van der Waals surface area contributed by atoms with Crippen LogP contribution in [0.2, 0.25) is 0 Å². The molecule has 3 nitrogen and oxygen atoms in total. The zero-order valence-corrected chi connectivity index (χ0v) is 21.0. The normalized spacial score (nSPS) is 40.5. The van der Waals surface area contributed by atoms with Crippen molar-refractivity contribution in [1.82, 2.24) is 0 Å². The Morgan fingerprint density at radius 1 is 1.10 bits per heavy atom. The predicted octanol–water partition coefficient (Wildman–Crippen LogP) is 6.18. The van der Waals surface area contributed by atoms with Crippen molar-refractivity contribution in [3.63, 3.8) is 0 Å². The number of aliphatic hydroxyl groups is 2. The van der Waals surface area contributed by atoms with E-state index in [0.717, 1.165) is 43.9 Å². The first-order chi connectivity index (χ1) is 14.5. The van der Waals surface area contributed by atoms with Gasteiger partial charge in [-0.1, -0.05) is 59.1 Å². The third kappa shape index (κ3) is 4.69. The zero-order valence-electron chi connectivity index (χ0n) is 21.0. The maximum Gasteiger partial charge on any atom is 0.146 e.